The van der Waals surface area contributed by atoms with E-state index in [-0.39, 0.29) is 29.5 Å². The largest absolute Gasteiger partial charge is 0.369 e. The molecule has 156 valence electrons. The number of amides is 1. The molecule has 7 nitrogen and oxygen atoms in total. The van der Waals surface area contributed by atoms with E-state index in [1.165, 1.54) is 24.3 Å². The van der Waals surface area contributed by atoms with Gasteiger partial charge in [0, 0.05) is 5.92 Å². The van der Waals surface area contributed by atoms with Gasteiger partial charge in [-0.15, -0.1) is 5.10 Å². The van der Waals surface area contributed by atoms with Crippen molar-refractivity contribution in [3.05, 3.63) is 77.1 Å². The molecule has 1 aliphatic heterocycles. The first kappa shape index (κ1) is 20.1. The standard InChI is InChI=1S/C21H22F2N6O/c22-17-5-1-14(2-6-17)13-29-21(25-26-27-29)19(15-3-7-18(23)8-4-15)28-11-9-16(10-12-28)20(24)30/h1-8,16,19H,9-13H2,(H2,24,30)/t19-/m0/s1. The number of hydrogen-bond donors (Lipinski definition) is 1. The molecule has 0 bridgehead atoms. The Hall–Kier alpha value is -3.20. The van der Waals surface area contributed by atoms with Crippen molar-refractivity contribution >= 4 is 5.91 Å². The molecular weight excluding hydrogens is 390 g/mol. The molecule has 0 spiro atoms. The van der Waals surface area contributed by atoms with E-state index in [0.29, 0.717) is 38.3 Å². The first-order valence-corrected chi connectivity index (χ1v) is 9.80. The molecule has 1 aromatic heterocycles. The van der Waals surface area contributed by atoms with Gasteiger partial charge in [0.2, 0.25) is 5.91 Å². The van der Waals surface area contributed by atoms with Crippen LogP contribution in [-0.2, 0) is 11.3 Å². The Kier molecular flexibility index (Phi) is 5.80. The van der Waals surface area contributed by atoms with Crippen LogP contribution in [0, 0.1) is 17.6 Å². The van der Waals surface area contributed by atoms with Crippen LogP contribution >= 0.6 is 0 Å². The van der Waals surface area contributed by atoms with E-state index in [2.05, 4.69) is 20.4 Å². The monoisotopic (exact) mass is 412 g/mol. The normalized spacial score (nSPS) is 16.5. The molecule has 1 fully saturated rings. The molecule has 1 saturated heterocycles. The third-order valence-corrected chi connectivity index (χ3v) is 5.53. The maximum absolute atomic E-state index is 13.5. The summed E-state index contributed by atoms with van der Waals surface area (Å²) in [6.07, 6.45) is 1.29. The fourth-order valence-electron chi connectivity index (χ4n) is 3.89. The Morgan fingerprint density at radius 2 is 1.63 bits per heavy atom. The minimum absolute atomic E-state index is 0.148. The first-order valence-electron chi connectivity index (χ1n) is 9.80. The average molecular weight is 412 g/mol. The van der Waals surface area contributed by atoms with Crippen LogP contribution in [0.2, 0.25) is 0 Å². The molecule has 2 aromatic carbocycles. The molecule has 0 radical (unpaired) electrons. The lowest BCUT2D eigenvalue weighted by molar-refractivity contribution is -0.123. The maximum atomic E-state index is 13.5. The van der Waals surface area contributed by atoms with Crippen LogP contribution < -0.4 is 5.73 Å². The molecule has 2 N–H and O–H groups in total. The molecule has 4 rings (SSSR count). The van der Waals surface area contributed by atoms with Crippen LogP contribution in [0.5, 0.6) is 0 Å². The number of carbonyl (C=O) groups excluding carboxylic acids is 1. The number of likely N-dealkylation sites (tertiary alicyclic amines) is 1. The number of tetrazole rings is 1. The van der Waals surface area contributed by atoms with E-state index in [1.807, 2.05) is 0 Å². The molecule has 0 aliphatic carbocycles. The molecule has 1 aliphatic rings. The topological polar surface area (TPSA) is 89.9 Å². The fraction of sp³-hybridized carbons (Fsp3) is 0.333. The minimum atomic E-state index is -0.323. The third-order valence-electron chi connectivity index (χ3n) is 5.53. The summed E-state index contributed by atoms with van der Waals surface area (Å²) in [6.45, 7) is 1.65. The minimum Gasteiger partial charge on any atom is -0.369 e. The molecule has 3 aromatic rings. The zero-order chi connectivity index (χ0) is 21.1. The lowest BCUT2D eigenvalue weighted by atomic mass is 9.93. The summed E-state index contributed by atoms with van der Waals surface area (Å²) >= 11 is 0. The Balaban J connectivity index is 1.65. The number of nitrogens with zero attached hydrogens (tertiary/aromatic N) is 5. The van der Waals surface area contributed by atoms with Gasteiger partial charge >= 0.3 is 0 Å². The molecule has 30 heavy (non-hydrogen) atoms. The van der Waals surface area contributed by atoms with Crippen LogP contribution in [0.15, 0.2) is 48.5 Å². The quantitative estimate of drug-likeness (QED) is 0.671. The van der Waals surface area contributed by atoms with E-state index in [9.17, 15) is 13.6 Å². The summed E-state index contributed by atoms with van der Waals surface area (Å²) in [4.78, 5) is 13.7. The second-order valence-corrected chi connectivity index (χ2v) is 7.49. The van der Waals surface area contributed by atoms with E-state index in [4.69, 9.17) is 5.73 Å². The van der Waals surface area contributed by atoms with E-state index in [0.717, 1.165) is 11.1 Å². The van der Waals surface area contributed by atoms with Gasteiger partial charge < -0.3 is 5.73 Å². The van der Waals surface area contributed by atoms with Gasteiger partial charge in [-0.05, 0) is 71.8 Å². The van der Waals surface area contributed by atoms with Gasteiger partial charge in [0.15, 0.2) is 5.82 Å². The van der Waals surface area contributed by atoms with E-state index in [1.54, 1.807) is 28.9 Å². The number of primary amides is 1. The number of halogens is 2. The van der Waals surface area contributed by atoms with Crippen LogP contribution in [0.3, 0.4) is 0 Å². The van der Waals surface area contributed by atoms with Gasteiger partial charge in [0.05, 0.1) is 12.6 Å². The second kappa shape index (κ2) is 8.66. The molecule has 2 heterocycles. The predicted octanol–water partition coefficient (Wildman–Crippen LogP) is 2.29. The summed E-state index contributed by atoms with van der Waals surface area (Å²) in [5.41, 5.74) is 7.18. The highest BCUT2D eigenvalue weighted by Crippen LogP contribution is 2.31. The van der Waals surface area contributed by atoms with Gasteiger partial charge in [0.25, 0.3) is 0 Å². The smallest absolute Gasteiger partial charge is 0.220 e. The van der Waals surface area contributed by atoms with Gasteiger partial charge in [-0.25, -0.2) is 13.5 Å². The van der Waals surface area contributed by atoms with Crippen molar-refractivity contribution in [3.63, 3.8) is 0 Å². The highest BCUT2D eigenvalue weighted by atomic mass is 19.1. The molecule has 9 heteroatoms. The predicted molar refractivity (Wildman–Crippen MR) is 105 cm³/mol. The summed E-state index contributed by atoms with van der Waals surface area (Å²) in [6, 6.07) is 12.1. The van der Waals surface area contributed by atoms with E-state index >= 15 is 0 Å². The van der Waals surface area contributed by atoms with Crippen LogP contribution in [0.25, 0.3) is 0 Å². The summed E-state index contributed by atoms with van der Waals surface area (Å²) in [5.74, 6) is -0.462. The van der Waals surface area contributed by atoms with Crippen molar-refractivity contribution in [1.82, 2.24) is 25.1 Å². The zero-order valence-corrected chi connectivity index (χ0v) is 16.3. The first-order chi connectivity index (χ1) is 14.5. The number of rotatable bonds is 6. The third kappa shape index (κ3) is 4.35. The van der Waals surface area contributed by atoms with Crippen LogP contribution in [0.4, 0.5) is 8.78 Å². The number of carbonyl (C=O) groups is 1. The van der Waals surface area contributed by atoms with Gasteiger partial charge in [0.1, 0.15) is 11.6 Å². The highest BCUT2D eigenvalue weighted by Gasteiger charge is 2.32. The van der Waals surface area contributed by atoms with Crippen molar-refractivity contribution in [2.75, 3.05) is 13.1 Å². The SMILES string of the molecule is NC(=O)C1CCN([C@@H](c2ccc(F)cc2)c2nnnn2Cc2ccc(F)cc2)CC1. The number of aromatic nitrogens is 4. The van der Waals surface area contributed by atoms with Crippen molar-refractivity contribution < 1.29 is 13.6 Å². The molecular formula is C21H22F2N6O. The van der Waals surface area contributed by atoms with Gasteiger partial charge in [-0.1, -0.05) is 24.3 Å². The summed E-state index contributed by atoms with van der Waals surface area (Å²) in [5, 5.41) is 12.2. The number of piperidine rings is 1. The average Bonchev–Trinajstić information content (AvgIpc) is 3.19. The van der Waals surface area contributed by atoms with Gasteiger partial charge in [-0.3, -0.25) is 9.69 Å². The van der Waals surface area contributed by atoms with Crippen LogP contribution in [0.1, 0.15) is 35.8 Å². The maximum Gasteiger partial charge on any atom is 0.220 e. The Bertz CT molecular complexity index is 997. The lowest BCUT2D eigenvalue weighted by Gasteiger charge is -2.36. The molecule has 0 saturated carbocycles. The van der Waals surface area contributed by atoms with Gasteiger partial charge in [-0.2, -0.15) is 0 Å². The van der Waals surface area contributed by atoms with Crippen molar-refractivity contribution in [1.29, 1.82) is 0 Å². The summed E-state index contributed by atoms with van der Waals surface area (Å²) < 4.78 is 28.4. The molecule has 0 unspecified atom stereocenters. The van der Waals surface area contributed by atoms with Crippen molar-refractivity contribution in [2.24, 2.45) is 11.7 Å². The molecule has 1 atom stereocenters. The van der Waals surface area contributed by atoms with E-state index < -0.39 is 0 Å². The fourth-order valence-corrected chi connectivity index (χ4v) is 3.89. The van der Waals surface area contributed by atoms with Crippen molar-refractivity contribution in [2.45, 2.75) is 25.4 Å². The second-order valence-electron chi connectivity index (χ2n) is 7.49. The van der Waals surface area contributed by atoms with Crippen LogP contribution in [-0.4, -0.2) is 44.1 Å². The Morgan fingerprint density at radius 1 is 1.03 bits per heavy atom. The Morgan fingerprint density at radius 3 is 2.23 bits per heavy atom. The zero-order valence-electron chi connectivity index (χ0n) is 16.3. The Labute approximate surface area is 172 Å². The number of benzene rings is 2. The summed E-state index contributed by atoms with van der Waals surface area (Å²) in [7, 11) is 0. The number of hydrogen-bond acceptors (Lipinski definition) is 5. The van der Waals surface area contributed by atoms with Crippen molar-refractivity contribution in [3.8, 4) is 0 Å². The molecule has 1 amide bonds. The lowest BCUT2D eigenvalue weighted by Crippen LogP contribution is -2.41. The highest BCUT2D eigenvalue weighted by molar-refractivity contribution is 5.76. The number of nitrogens with two attached hydrogens (primary N) is 1.